The SMILES string of the molecule is Nn1c(-c2cnccn2)nnc1-c1cnccn1. The van der Waals surface area contributed by atoms with Crippen LogP contribution in [0, 0.1) is 0 Å². The highest BCUT2D eigenvalue weighted by Gasteiger charge is 2.15. The van der Waals surface area contributed by atoms with Gasteiger partial charge in [-0.05, 0) is 0 Å². The van der Waals surface area contributed by atoms with E-state index in [-0.39, 0.29) is 0 Å². The Morgan fingerprint density at radius 1 is 0.778 bits per heavy atom. The van der Waals surface area contributed by atoms with Crippen LogP contribution in [0.1, 0.15) is 0 Å². The summed E-state index contributed by atoms with van der Waals surface area (Å²) in [6, 6.07) is 0. The number of nitrogens with two attached hydrogens (primary N) is 1. The first kappa shape index (κ1) is 10.3. The molecule has 0 aliphatic heterocycles. The topological polar surface area (TPSA) is 108 Å². The Morgan fingerprint density at radius 3 is 1.67 bits per heavy atom. The van der Waals surface area contributed by atoms with E-state index >= 15 is 0 Å². The lowest BCUT2D eigenvalue weighted by Crippen LogP contribution is -2.13. The molecule has 88 valence electrons. The second kappa shape index (κ2) is 4.17. The molecule has 8 nitrogen and oxygen atoms in total. The van der Waals surface area contributed by atoms with Crippen LogP contribution in [0.25, 0.3) is 23.0 Å². The minimum atomic E-state index is 0.420. The van der Waals surface area contributed by atoms with Crippen molar-refractivity contribution in [3.05, 3.63) is 37.2 Å². The molecule has 3 aromatic rings. The monoisotopic (exact) mass is 240 g/mol. The Kier molecular flexibility index (Phi) is 2.38. The molecule has 0 radical (unpaired) electrons. The van der Waals surface area contributed by atoms with E-state index in [1.807, 2.05) is 0 Å². The van der Waals surface area contributed by atoms with E-state index in [9.17, 15) is 0 Å². The molecule has 3 aromatic heterocycles. The van der Waals surface area contributed by atoms with Gasteiger partial charge in [-0.1, -0.05) is 0 Å². The standard InChI is InChI=1S/C10H8N8/c11-18-9(7-5-12-1-3-14-7)16-17-10(18)8-6-13-2-4-15-8/h1-6H,11H2. The number of rotatable bonds is 2. The molecule has 0 aliphatic rings. The quantitative estimate of drug-likeness (QED) is 0.623. The van der Waals surface area contributed by atoms with Gasteiger partial charge in [0.25, 0.3) is 0 Å². The fraction of sp³-hybridized carbons (Fsp3) is 0. The minimum Gasteiger partial charge on any atom is -0.336 e. The second-order valence-corrected chi connectivity index (χ2v) is 3.40. The van der Waals surface area contributed by atoms with E-state index < -0.39 is 0 Å². The average molecular weight is 240 g/mol. The van der Waals surface area contributed by atoms with Crippen molar-refractivity contribution in [3.63, 3.8) is 0 Å². The van der Waals surface area contributed by atoms with Gasteiger partial charge in [-0.3, -0.25) is 9.97 Å². The number of nitrogen functional groups attached to an aromatic ring is 1. The lowest BCUT2D eigenvalue weighted by Gasteiger charge is -2.01. The highest BCUT2D eigenvalue weighted by Crippen LogP contribution is 2.17. The van der Waals surface area contributed by atoms with Crippen molar-refractivity contribution in [2.75, 3.05) is 5.84 Å². The number of hydrogen-bond donors (Lipinski definition) is 1. The van der Waals surface area contributed by atoms with Crippen LogP contribution in [0.3, 0.4) is 0 Å². The summed E-state index contributed by atoms with van der Waals surface area (Å²) in [5.74, 6) is 6.76. The molecule has 0 amide bonds. The van der Waals surface area contributed by atoms with Gasteiger partial charge in [-0.2, -0.15) is 0 Å². The molecule has 8 heteroatoms. The van der Waals surface area contributed by atoms with Crippen molar-refractivity contribution >= 4 is 0 Å². The molecule has 0 saturated heterocycles. The van der Waals surface area contributed by atoms with Crippen LogP contribution in [0.4, 0.5) is 0 Å². The fourth-order valence-corrected chi connectivity index (χ4v) is 1.47. The first-order chi connectivity index (χ1) is 8.86. The summed E-state index contributed by atoms with van der Waals surface area (Å²) in [5.41, 5.74) is 1.09. The number of aromatic nitrogens is 7. The Balaban J connectivity index is 2.09. The zero-order valence-electron chi connectivity index (χ0n) is 9.17. The number of nitrogens with zero attached hydrogens (tertiary/aromatic N) is 7. The first-order valence-corrected chi connectivity index (χ1v) is 5.09. The molecular weight excluding hydrogens is 232 g/mol. The maximum absolute atomic E-state index is 5.92. The Hall–Kier alpha value is -2.90. The van der Waals surface area contributed by atoms with Gasteiger partial charge in [-0.15, -0.1) is 10.2 Å². The molecular formula is C10H8N8. The summed E-state index contributed by atoms with van der Waals surface area (Å²) in [6.07, 6.45) is 9.40. The molecule has 0 spiro atoms. The fourth-order valence-electron chi connectivity index (χ4n) is 1.47. The molecule has 0 aliphatic carbocycles. The third-order valence-electron chi connectivity index (χ3n) is 2.28. The molecule has 0 aromatic carbocycles. The van der Waals surface area contributed by atoms with Crippen molar-refractivity contribution in [3.8, 4) is 23.0 Å². The van der Waals surface area contributed by atoms with Crippen molar-refractivity contribution in [2.24, 2.45) is 0 Å². The summed E-state index contributed by atoms with van der Waals surface area (Å²) in [6.45, 7) is 0. The van der Waals surface area contributed by atoms with Gasteiger partial charge in [0.15, 0.2) is 0 Å². The van der Waals surface area contributed by atoms with Crippen LogP contribution in [0.2, 0.25) is 0 Å². The van der Waals surface area contributed by atoms with E-state index in [0.29, 0.717) is 23.0 Å². The van der Waals surface area contributed by atoms with E-state index in [2.05, 4.69) is 30.1 Å². The minimum absolute atomic E-state index is 0.420. The maximum Gasteiger partial charge on any atom is 0.203 e. The summed E-state index contributed by atoms with van der Waals surface area (Å²) in [7, 11) is 0. The summed E-state index contributed by atoms with van der Waals surface area (Å²) in [4.78, 5) is 16.1. The summed E-state index contributed by atoms with van der Waals surface area (Å²) < 4.78 is 1.31. The van der Waals surface area contributed by atoms with E-state index in [4.69, 9.17) is 5.84 Å². The molecule has 0 fully saturated rings. The predicted octanol–water partition coefficient (Wildman–Crippen LogP) is -0.0941. The predicted molar refractivity (Wildman–Crippen MR) is 62.2 cm³/mol. The Bertz CT molecular complexity index is 591. The van der Waals surface area contributed by atoms with Crippen molar-refractivity contribution in [2.45, 2.75) is 0 Å². The lowest BCUT2D eigenvalue weighted by molar-refractivity contribution is 0.987. The maximum atomic E-state index is 5.92. The van der Waals surface area contributed by atoms with Crippen LogP contribution in [0.5, 0.6) is 0 Å². The largest absolute Gasteiger partial charge is 0.336 e. The van der Waals surface area contributed by atoms with Gasteiger partial charge in [0.2, 0.25) is 11.6 Å². The molecule has 3 heterocycles. The first-order valence-electron chi connectivity index (χ1n) is 5.09. The second-order valence-electron chi connectivity index (χ2n) is 3.40. The van der Waals surface area contributed by atoms with Crippen molar-refractivity contribution < 1.29 is 0 Å². The van der Waals surface area contributed by atoms with Gasteiger partial charge in [0.1, 0.15) is 11.4 Å². The molecule has 2 N–H and O–H groups in total. The van der Waals surface area contributed by atoms with Crippen LogP contribution in [-0.2, 0) is 0 Å². The van der Waals surface area contributed by atoms with E-state index in [1.54, 1.807) is 37.2 Å². The van der Waals surface area contributed by atoms with Crippen LogP contribution < -0.4 is 5.84 Å². The molecule has 0 atom stereocenters. The molecule has 0 saturated carbocycles. The highest BCUT2D eigenvalue weighted by atomic mass is 15.4. The third-order valence-corrected chi connectivity index (χ3v) is 2.28. The number of hydrogen-bond acceptors (Lipinski definition) is 7. The van der Waals surface area contributed by atoms with Crippen molar-refractivity contribution in [1.29, 1.82) is 0 Å². The van der Waals surface area contributed by atoms with Crippen LogP contribution >= 0.6 is 0 Å². The molecule has 0 unspecified atom stereocenters. The van der Waals surface area contributed by atoms with Gasteiger partial charge in [-0.25, -0.2) is 14.6 Å². The smallest absolute Gasteiger partial charge is 0.203 e. The normalized spacial score (nSPS) is 10.4. The average Bonchev–Trinajstić information content (AvgIpc) is 2.83. The molecule has 3 rings (SSSR count). The Morgan fingerprint density at radius 2 is 1.28 bits per heavy atom. The van der Waals surface area contributed by atoms with Crippen LogP contribution in [-0.4, -0.2) is 34.8 Å². The van der Waals surface area contributed by atoms with Crippen LogP contribution in [0.15, 0.2) is 37.2 Å². The van der Waals surface area contributed by atoms with Crippen molar-refractivity contribution in [1.82, 2.24) is 34.8 Å². The van der Waals surface area contributed by atoms with Gasteiger partial charge < -0.3 is 5.84 Å². The van der Waals surface area contributed by atoms with Gasteiger partial charge >= 0.3 is 0 Å². The Labute approximate surface area is 102 Å². The third kappa shape index (κ3) is 1.65. The summed E-state index contributed by atoms with van der Waals surface area (Å²) in [5, 5.41) is 7.96. The zero-order valence-corrected chi connectivity index (χ0v) is 9.17. The lowest BCUT2D eigenvalue weighted by atomic mass is 10.4. The van der Waals surface area contributed by atoms with E-state index in [0.717, 1.165) is 0 Å². The van der Waals surface area contributed by atoms with E-state index in [1.165, 1.54) is 4.68 Å². The van der Waals surface area contributed by atoms with Gasteiger partial charge in [0, 0.05) is 24.8 Å². The summed E-state index contributed by atoms with van der Waals surface area (Å²) >= 11 is 0. The highest BCUT2D eigenvalue weighted by molar-refractivity contribution is 5.55. The van der Waals surface area contributed by atoms with Gasteiger partial charge in [0.05, 0.1) is 12.4 Å². The molecule has 0 bridgehead atoms. The zero-order chi connectivity index (χ0) is 12.4. The molecule has 18 heavy (non-hydrogen) atoms.